The second-order valence-electron chi connectivity index (χ2n) is 7.29. The number of rotatable bonds is 6. The normalized spacial score (nSPS) is 11.0. The lowest BCUT2D eigenvalue weighted by Gasteiger charge is -2.14. The van der Waals surface area contributed by atoms with Gasteiger partial charge in [-0.1, -0.05) is 12.1 Å². The summed E-state index contributed by atoms with van der Waals surface area (Å²) in [5.74, 6) is -0.335. The highest BCUT2D eigenvalue weighted by molar-refractivity contribution is 5.85. The van der Waals surface area contributed by atoms with Gasteiger partial charge in [0, 0.05) is 42.4 Å². The van der Waals surface area contributed by atoms with Crippen LogP contribution in [0, 0.1) is 11.6 Å². The van der Waals surface area contributed by atoms with Gasteiger partial charge in [0.1, 0.15) is 23.2 Å². The van der Waals surface area contributed by atoms with E-state index in [0.717, 1.165) is 17.4 Å². The lowest BCUT2D eigenvalue weighted by molar-refractivity contribution is 0.414. The third kappa shape index (κ3) is 3.99. The van der Waals surface area contributed by atoms with Crippen LogP contribution in [0.2, 0.25) is 0 Å². The van der Waals surface area contributed by atoms with E-state index in [-0.39, 0.29) is 16.8 Å². The molecule has 4 aromatic rings. The first-order valence-electron chi connectivity index (χ1n) is 10.1. The van der Waals surface area contributed by atoms with Crippen molar-refractivity contribution in [2.45, 2.75) is 20.0 Å². The smallest absolute Gasteiger partial charge is 0.259 e. The molecule has 8 heteroatoms. The zero-order valence-electron chi connectivity index (χ0n) is 17.7. The van der Waals surface area contributed by atoms with Gasteiger partial charge in [-0.25, -0.2) is 13.8 Å². The molecule has 0 unspecified atom stereocenters. The highest BCUT2D eigenvalue weighted by atomic mass is 19.1. The Labute approximate surface area is 183 Å². The average molecular weight is 436 g/mol. The van der Waals surface area contributed by atoms with Crippen LogP contribution in [-0.4, -0.2) is 16.7 Å². The van der Waals surface area contributed by atoms with Crippen molar-refractivity contribution in [2.24, 2.45) is 0 Å². The van der Waals surface area contributed by atoms with Crippen molar-refractivity contribution >= 4 is 22.4 Å². The Hall–Kier alpha value is -3.94. The summed E-state index contributed by atoms with van der Waals surface area (Å²) in [7, 11) is 1.62. The summed E-state index contributed by atoms with van der Waals surface area (Å²) in [6.07, 6.45) is 1.62. The number of nitrogens with zero attached hydrogens (tertiary/aromatic N) is 2. The van der Waals surface area contributed by atoms with Gasteiger partial charge >= 0.3 is 0 Å². The van der Waals surface area contributed by atoms with Crippen LogP contribution < -0.4 is 21.3 Å². The van der Waals surface area contributed by atoms with Gasteiger partial charge in [-0.15, -0.1) is 0 Å². The second kappa shape index (κ2) is 8.66. The third-order valence-electron chi connectivity index (χ3n) is 5.30. The first-order chi connectivity index (χ1) is 15.4. The molecule has 3 N–H and O–H groups in total. The highest BCUT2D eigenvalue weighted by Crippen LogP contribution is 2.27. The molecule has 0 aliphatic rings. The number of aromatic nitrogens is 2. The predicted molar refractivity (Wildman–Crippen MR) is 122 cm³/mol. The number of ether oxygens (including phenoxy) is 1. The number of fused-ring (bicyclic) bond motifs is 1. The maximum Gasteiger partial charge on any atom is 0.259 e. The van der Waals surface area contributed by atoms with E-state index >= 15 is 0 Å². The third-order valence-corrected chi connectivity index (χ3v) is 5.30. The molecule has 32 heavy (non-hydrogen) atoms. The number of benzene rings is 2. The van der Waals surface area contributed by atoms with Crippen molar-refractivity contribution < 1.29 is 13.5 Å². The molecule has 0 spiro atoms. The van der Waals surface area contributed by atoms with E-state index in [4.69, 9.17) is 10.5 Å². The molecule has 0 aliphatic carbocycles. The summed E-state index contributed by atoms with van der Waals surface area (Å²) >= 11 is 0. The average Bonchev–Trinajstić information content (AvgIpc) is 2.80. The molecular weight excluding hydrogens is 414 g/mol. The van der Waals surface area contributed by atoms with Crippen molar-refractivity contribution in [3.8, 4) is 16.9 Å². The van der Waals surface area contributed by atoms with E-state index in [1.165, 1.54) is 4.57 Å². The number of nitrogens with one attached hydrogen (secondary N) is 1. The molecule has 0 saturated carbocycles. The standard InChI is InChI=1S/C24H22F2N4O2/c1-3-30-22-11-23(28-12-14-4-6-16(32-2)7-5-14)29-13-15(22)8-18(24(30)31)17-9-21(27)20(26)10-19(17)25/h4-11,13H,3,12,27H2,1-2H3,(H,28,29). The Bertz CT molecular complexity index is 1350. The molecule has 0 aliphatic heterocycles. The van der Waals surface area contributed by atoms with E-state index in [0.29, 0.717) is 35.9 Å². The van der Waals surface area contributed by atoms with Crippen molar-refractivity contribution in [2.75, 3.05) is 18.2 Å². The quantitative estimate of drug-likeness (QED) is 0.433. The van der Waals surface area contributed by atoms with Crippen molar-refractivity contribution in [1.82, 2.24) is 9.55 Å². The number of anilines is 2. The summed E-state index contributed by atoms with van der Waals surface area (Å²) in [6, 6.07) is 12.8. The molecular formula is C24H22F2N4O2. The molecule has 0 amide bonds. The van der Waals surface area contributed by atoms with Crippen LogP contribution in [0.1, 0.15) is 12.5 Å². The van der Waals surface area contributed by atoms with Crippen LogP contribution in [0.4, 0.5) is 20.3 Å². The van der Waals surface area contributed by atoms with E-state index in [9.17, 15) is 13.6 Å². The predicted octanol–water partition coefficient (Wildman–Crippen LogP) is 4.56. The fourth-order valence-electron chi connectivity index (χ4n) is 3.58. The largest absolute Gasteiger partial charge is 0.497 e. The summed E-state index contributed by atoms with van der Waals surface area (Å²) in [4.78, 5) is 17.5. The first-order valence-corrected chi connectivity index (χ1v) is 10.1. The SMILES string of the molecule is CCn1c(=O)c(-c2cc(N)c(F)cc2F)cc2cnc(NCc3ccc(OC)cc3)cc21. The highest BCUT2D eigenvalue weighted by Gasteiger charge is 2.16. The van der Waals surface area contributed by atoms with Gasteiger partial charge in [-0.2, -0.15) is 0 Å². The van der Waals surface area contributed by atoms with E-state index in [2.05, 4.69) is 10.3 Å². The van der Waals surface area contributed by atoms with E-state index in [1.807, 2.05) is 31.2 Å². The second-order valence-corrected chi connectivity index (χ2v) is 7.29. The Kier molecular flexibility index (Phi) is 5.77. The van der Waals surface area contributed by atoms with Crippen molar-refractivity contribution in [1.29, 1.82) is 0 Å². The number of aryl methyl sites for hydroxylation is 1. The van der Waals surface area contributed by atoms with Gasteiger partial charge < -0.3 is 20.4 Å². The molecule has 2 heterocycles. The fraction of sp³-hybridized carbons (Fsp3) is 0.167. The Morgan fingerprint density at radius 3 is 2.50 bits per heavy atom. The molecule has 2 aromatic heterocycles. The van der Waals surface area contributed by atoms with Crippen molar-refractivity contribution in [3.05, 3.63) is 82.3 Å². The van der Waals surface area contributed by atoms with Gasteiger partial charge in [0.25, 0.3) is 5.56 Å². The monoisotopic (exact) mass is 436 g/mol. The summed E-state index contributed by atoms with van der Waals surface area (Å²) in [5.41, 5.74) is 6.74. The Morgan fingerprint density at radius 2 is 1.81 bits per heavy atom. The van der Waals surface area contributed by atoms with Gasteiger partial charge in [0.2, 0.25) is 0 Å². The first kappa shape index (κ1) is 21.3. The minimum atomic E-state index is -0.864. The number of hydrogen-bond donors (Lipinski definition) is 2. The Balaban J connectivity index is 1.72. The minimum Gasteiger partial charge on any atom is -0.497 e. The number of nitrogens with two attached hydrogens (primary N) is 1. The molecule has 0 saturated heterocycles. The van der Waals surface area contributed by atoms with Crippen LogP contribution in [0.25, 0.3) is 22.0 Å². The number of pyridine rings is 2. The maximum absolute atomic E-state index is 14.4. The van der Waals surface area contributed by atoms with E-state index < -0.39 is 17.2 Å². The minimum absolute atomic E-state index is 0.0419. The van der Waals surface area contributed by atoms with Crippen LogP contribution in [-0.2, 0) is 13.1 Å². The zero-order valence-corrected chi connectivity index (χ0v) is 17.7. The molecule has 2 aromatic carbocycles. The molecule has 4 rings (SSSR count). The van der Waals surface area contributed by atoms with Gasteiger partial charge in [-0.05, 0) is 36.8 Å². The lowest BCUT2D eigenvalue weighted by Crippen LogP contribution is -2.22. The maximum atomic E-state index is 14.4. The Morgan fingerprint density at radius 1 is 1.06 bits per heavy atom. The van der Waals surface area contributed by atoms with Crippen LogP contribution >= 0.6 is 0 Å². The molecule has 0 fully saturated rings. The number of methoxy groups -OCH3 is 1. The number of hydrogen-bond acceptors (Lipinski definition) is 5. The fourth-order valence-corrected chi connectivity index (χ4v) is 3.58. The summed E-state index contributed by atoms with van der Waals surface area (Å²) < 4.78 is 34.7. The van der Waals surface area contributed by atoms with Gasteiger partial charge in [-0.3, -0.25) is 4.79 Å². The molecule has 0 atom stereocenters. The van der Waals surface area contributed by atoms with Gasteiger partial charge in [0.05, 0.1) is 23.9 Å². The van der Waals surface area contributed by atoms with Gasteiger partial charge in [0.15, 0.2) is 0 Å². The lowest BCUT2D eigenvalue weighted by atomic mass is 10.0. The number of nitrogen functional groups attached to an aromatic ring is 1. The molecule has 164 valence electrons. The molecule has 6 nitrogen and oxygen atoms in total. The summed E-state index contributed by atoms with van der Waals surface area (Å²) in [6.45, 7) is 2.73. The van der Waals surface area contributed by atoms with Crippen molar-refractivity contribution in [3.63, 3.8) is 0 Å². The van der Waals surface area contributed by atoms with Crippen LogP contribution in [0.15, 0.2) is 59.5 Å². The van der Waals surface area contributed by atoms with Crippen LogP contribution in [0.5, 0.6) is 5.75 Å². The summed E-state index contributed by atoms with van der Waals surface area (Å²) in [5, 5.41) is 3.90. The van der Waals surface area contributed by atoms with Crippen LogP contribution in [0.3, 0.4) is 0 Å². The topological polar surface area (TPSA) is 82.2 Å². The molecule has 0 bridgehead atoms. The van der Waals surface area contributed by atoms with E-state index in [1.54, 1.807) is 25.4 Å². The number of halogens is 2. The molecule has 0 radical (unpaired) electrons. The zero-order chi connectivity index (χ0) is 22.8.